The number of carbonyl (C=O) groups is 4. The maximum Gasteiger partial charge on any atom is 0.329 e. The van der Waals surface area contributed by atoms with E-state index in [2.05, 4.69) is 10.6 Å². The van der Waals surface area contributed by atoms with E-state index in [1.165, 1.54) is 4.90 Å². The minimum atomic E-state index is -0.470. The van der Waals surface area contributed by atoms with Crippen molar-refractivity contribution in [2.45, 2.75) is 18.5 Å². The lowest BCUT2D eigenvalue weighted by Crippen LogP contribution is -2.50. The lowest BCUT2D eigenvalue weighted by molar-refractivity contribution is -0.124. The summed E-state index contributed by atoms with van der Waals surface area (Å²) in [7, 11) is 0. The van der Waals surface area contributed by atoms with Crippen LogP contribution in [0.15, 0.2) is 24.3 Å². The van der Waals surface area contributed by atoms with Crippen LogP contribution in [0.4, 0.5) is 10.5 Å². The fraction of sp³-hybridized carbons (Fsp3) is 0.333. The van der Waals surface area contributed by atoms with E-state index < -0.39 is 6.03 Å². The first-order chi connectivity index (χ1) is 11.0. The first-order valence-electron chi connectivity index (χ1n) is 7.35. The second-order valence-corrected chi connectivity index (χ2v) is 5.90. The highest BCUT2D eigenvalue weighted by atomic mass is 16.2. The van der Waals surface area contributed by atoms with Gasteiger partial charge in [0, 0.05) is 23.8 Å². The minimum Gasteiger partial charge on any atom is -0.350 e. The second kappa shape index (κ2) is 4.80. The molecule has 3 heterocycles. The molecule has 5 amide bonds. The van der Waals surface area contributed by atoms with Crippen molar-refractivity contribution in [3.63, 3.8) is 0 Å². The van der Waals surface area contributed by atoms with Crippen molar-refractivity contribution >= 4 is 29.4 Å². The molecule has 4 rings (SSSR count). The lowest BCUT2D eigenvalue weighted by atomic mass is 10.1. The molecule has 1 aromatic rings. The molecule has 23 heavy (non-hydrogen) atoms. The van der Waals surface area contributed by atoms with Gasteiger partial charge in [0.1, 0.15) is 12.6 Å². The standard InChI is InChI=1S/C15H14N4O4/c20-12-7-18(15(23)17-12)10-3-1-8(2-4-10)14(22)19-6-9-5-11(19)13(21)16-9/h1-4,9,11H,5-7H2,(H,16,21)(H,17,20,23)/t9-,11-/m0/s1. The van der Waals surface area contributed by atoms with Gasteiger partial charge in [-0.25, -0.2) is 4.79 Å². The normalized spacial score (nSPS) is 25.8. The maximum atomic E-state index is 12.5. The van der Waals surface area contributed by atoms with Gasteiger partial charge in [-0.05, 0) is 30.7 Å². The molecule has 3 saturated heterocycles. The number of hydrogen-bond donors (Lipinski definition) is 2. The Morgan fingerprint density at radius 3 is 2.43 bits per heavy atom. The molecule has 2 bridgehead atoms. The summed E-state index contributed by atoms with van der Waals surface area (Å²) in [5.74, 6) is -0.645. The van der Waals surface area contributed by atoms with Gasteiger partial charge in [-0.1, -0.05) is 0 Å². The summed E-state index contributed by atoms with van der Waals surface area (Å²) in [6.07, 6.45) is 0.665. The smallest absolute Gasteiger partial charge is 0.329 e. The Morgan fingerprint density at radius 1 is 1.13 bits per heavy atom. The summed E-state index contributed by atoms with van der Waals surface area (Å²) in [4.78, 5) is 49.9. The van der Waals surface area contributed by atoms with Gasteiger partial charge >= 0.3 is 6.03 Å². The SMILES string of the molecule is O=C1CN(c2ccc(C(=O)N3C[C@@H]4C[C@H]3C(=O)N4)cc2)C(=O)N1. The van der Waals surface area contributed by atoms with Gasteiger partial charge in [0.25, 0.3) is 5.91 Å². The van der Waals surface area contributed by atoms with Crippen LogP contribution in [-0.2, 0) is 9.59 Å². The number of anilines is 1. The Labute approximate surface area is 131 Å². The van der Waals surface area contributed by atoms with Crippen LogP contribution in [0.3, 0.4) is 0 Å². The Hall–Kier alpha value is -2.90. The predicted molar refractivity (Wildman–Crippen MR) is 78.7 cm³/mol. The van der Waals surface area contributed by atoms with Crippen molar-refractivity contribution in [2.24, 2.45) is 0 Å². The summed E-state index contributed by atoms with van der Waals surface area (Å²) in [5, 5.41) is 5.03. The van der Waals surface area contributed by atoms with E-state index >= 15 is 0 Å². The first kappa shape index (κ1) is 13.7. The lowest BCUT2D eigenvalue weighted by Gasteiger charge is -2.26. The predicted octanol–water partition coefficient (Wildman–Crippen LogP) is -0.544. The fourth-order valence-electron chi connectivity index (χ4n) is 3.31. The van der Waals surface area contributed by atoms with Crippen molar-refractivity contribution in [1.82, 2.24) is 15.5 Å². The summed E-state index contributed by atoms with van der Waals surface area (Å²) in [5.41, 5.74) is 1.01. The van der Waals surface area contributed by atoms with Gasteiger partial charge in [-0.2, -0.15) is 0 Å². The molecule has 1 aromatic carbocycles. The van der Waals surface area contributed by atoms with E-state index in [-0.39, 0.29) is 36.3 Å². The summed E-state index contributed by atoms with van der Waals surface area (Å²) < 4.78 is 0. The van der Waals surface area contributed by atoms with E-state index in [1.807, 2.05) is 0 Å². The van der Waals surface area contributed by atoms with E-state index in [4.69, 9.17) is 0 Å². The zero-order chi connectivity index (χ0) is 16.1. The van der Waals surface area contributed by atoms with Crippen LogP contribution < -0.4 is 15.5 Å². The molecule has 0 saturated carbocycles. The first-order valence-corrected chi connectivity index (χ1v) is 7.35. The Morgan fingerprint density at radius 2 is 1.87 bits per heavy atom. The van der Waals surface area contributed by atoms with Gasteiger partial charge in [0.05, 0.1) is 0 Å². The quantitative estimate of drug-likeness (QED) is 0.716. The third-order valence-electron chi connectivity index (χ3n) is 4.43. The molecule has 8 heteroatoms. The molecule has 118 valence electrons. The highest BCUT2D eigenvalue weighted by Crippen LogP contribution is 2.27. The molecule has 0 radical (unpaired) electrons. The second-order valence-electron chi connectivity index (χ2n) is 5.90. The Kier molecular flexibility index (Phi) is 2.87. The van der Waals surface area contributed by atoms with E-state index in [1.54, 1.807) is 29.2 Å². The number of carbonyl (C=O) groups excluding carboxylic acids is 4. The maximum absolute atomic E-state index is 12.5. The molecule has 3 aliphatic rings. The zero-order valence-electron chi connectivity index (χ0n) is 12.1. The highest BCUT2D eigenvalue weighted by Gasteiger charge is 2.46. The highest BCUT2D eigenvalue weighted by molar-refractivity contribution is 6.12. The molecule has 0 unspecified atom stereocenters. The summed E-state index contributed by atoms with van der Waals surface area (Å²) >= 11 is 0. The average Bonchev–Trinajstić information content (AvgIpc) is 3.20. The van der Waals surface area contributed by atoms with Crippen LogP contribution in [-0.4, -0.2) is 53.8 Å². The number of likely N-dealkylation sites (tertiary alicyclic amines) is 1. The third kappa shape index (κ3) is 2.14. The van der Waals surface area contributed by atoms with Gasteiger partial charge < -0.3 is 10.2 Å². The van der Waals surface area contributed by atoms with E-state index in [0.29, 0.717) is 24.2 Å². The number of urea groups is 1. The zero-order valence-corrected chi connectivity index (χ0v) is 12.1. The average molecular weight is 314 g/mol. The Balaban J connectivity index is 1.52. The molecule has 3 fully saturated rings. The van der Waals surface area contributed by atoms with Crippen molar-refractivity contribution < 1.29 is 19.2 Å². The van der Waals surface area contributed by atoms with Crippen LogP contribution >= 0.6 is 0 Å². The number of imide groups is 1. The van der Waals surface area contributed by atoms with Gasteiger partial charge in [-0.3, -0.25) is 24.6 Å². The minimum absolute atomic E-state index is 0.0256. The number of benzene rings is 1. The largest absolute Gasteiger partial charge is 0.350 e. The summed E-state index contributed by atoms with van der Waals surface area (Å²) in [6.45, 7) is 0.502. The number of fused-ring (bicyclic) bond motifs is 2. The van der Waals surface area contributed by atoms with Crippen molar-refractivity contribution in [3.8, 4) is 0 Å². The molecule has 8 nitrogen and oxygen atoms in total. The van der Waals surface area contributed by atoms with Crippen molar-refractivity contribution in [3.05, 3.63) is 29.8 Å². The molecule has 2 N–H and O–H groups in total. The van der Waals surface area contributed by atoms with Crippen LogP contribution in [0.1, 0.15) is 16.8 Å². The van der Waals surface area contributed by atoms with Crippen LogP contribution in [0, 0.1) is 0 Å². The topological polar surface area (TPSA) is 98.8 Å². The number of piperazine rings is 1. The van der Waals surface area contributed by atoms with Crippen molar-refractivity contribution in [2.75, 3.05) is 18.0 Å². The van der Waals surface area contributed by atoms with Gasteiger partial charge in [-0.15, -0.1) is 0 Å². The Bertz CT molecular complexity index is 729. The number of nitrogens with zero attached hydrogens (tertiary/aromatic N) is 2. The number of hydrogen-bond acceptors (Lipinski definition) is 4. The van der Waals surface area contributed by atoms with Crippen LogP contribution in [0.25, 0.3) is 0 Å². The van der Waals surface area contributed by atoms with Crippen molar-refractivity contribution in [1.29, 1.82) is 0 Å². The van der Waals surface area contributed by atoms with Crippen LogP contribution in [0.5, 0.6) is 0 Å². The molecule has 0 aliphatic carbocycles. The molecule has 0 aromatic heterocycles. The molecule has 0 spiro atoms. The fourth-order valence-corrected chi connectivity index (χ4v) is 3.31. The molecule has 2 atom stereocenters. The summed E-state index contributed by atoms with van der Waals surface area (Å²) in [6, 6.07) is 5.67. The third-order valence-corrected chi connectivity index (χ3v) is 4.43. The van der Waals surface area contributed by atoms with Gasteiger partial charge in [0.15, 0.2) is 0 Å². The number of amides is 5. The van der Waals surface area contributed by atoms with E-state index in [9.17, 15) is 19.2 Å². The van der Waals surface area contributed by atoms with Crippen LogP contribution in [0.2, 0.25) is 0 Å². The van der Waals surface area contributed by atoms with Gasteiger partial charge in [0.2, 0.25) is 11.8 Å². The number of nitrogens with one attached hydrogen (secondary N) is 2. The molecule has 3 aliphatic heterocycles. The number of rotatable bonds is 2. The van der Waals surface area contributed by atoms with E-state index in [0.717, 1.165) is 0 Å². The molecular formula is C15H14N4O4. The monoisotopic (exact) mass is 314 g/mol. The molecular weight excluding hydrogens is 300 g/mol.